The normalized spacial score (nSPS) is 28.0. The molecule has 2 amide bonds. The molecular formula is C8H14N2O3. The molecule has 5 heteroatoms. The van der Waals surface area contributed by atoms with Crippen molar-refractivity contribution in [2.75, 3.05) is 0 Å². The Labute approximate surface area is 76.3 Å². The summed E-state index contributed by atoms with van der Waals surface area (Å²) in [4.78, 5) is 21.1. The van der Waals surface area contributed by atoms with Crippen molar-refractivity contribution in [3.05, 3.63) is 0 Å². The van der Waals surface area contributed by atoms with E-state index in [4.69, 9.17) is 10.8 Å². The van der Waals surface area contributed by atoms with Crippen molar-refractivity contribution in [1.82, 2.24) is 5.32 Å². The molecule has 1 aliphatic carbocycles. The molecule has 0 aromatic heterocycles. The first-order chi connectivity index (χ1) is 6.09. The predicted octanol–water partition coefficient (Wildman–Crippen LogP) is 0.298. The third-order valence-corrected chi connectivity index (χ3v) is 2.40. The van der Waals surface area contributed by atoms with E-state index in [2.05, 4.69) is 5.32 Å². The van der Waals surface area contributed by atoms with E-state index in [0.29, 0.717) is 6.42 Å². The number of nitrogens with two attached hydrogens (primary N) is 1. The van der Waals surface area contributed by atoms with Gasteiger partial charge in [0.1, 0.15) is 0 Å². The molecule has 0 aliphatic heterocycles. The molecule has 1 aliphatic rings. The Morgan fingerprint density at radius 3 is 2.62 bits per heavy atom. The SMILES string of the molecule is NC(=O)[C@H]1CCC[C@H](NC(=O)O)C1. The third kappa shape index (κ3) is 2.93. The maximum atomic E-state index is 10.8. The summed E-state index contributed by atoms with van der Waals surface area (Å²) in [6, 6.07) is -0.108. The van der Waals surface area contributed by atoms with Crippen LogP contribution in [-0.4, -0.2) is 23.1 Å². The van der Waals surface area contributed by atoms with Crippen molar-refractivity contribution < 1.29 is 14.7 Å². The highest BCUT2D eigenvalue weighted by Gasteiger charge is 2.26. The second kappa shape index (κ2) is 4.11. The number of nitrogens with one attached hydrogen (secondary N) is 1. The third-order valence-electron chi connectivity index (χ3n) is 2.40. The average molecular weight is 186 g/mol. The molecule has 0 aromatic carbocycles. The van der Waals surface area contributed by atoms with Gasteiger partial charge in [-0.05, 0) is 19.3 Å². The van der Waals surface area contributed by atoms with Crippen LogP contribution in [0.4, 0.5) is 4.79 Å². The highest BCUT2D eigenvalue weighted by molar-refractivity contribution is 5.76. The summed E-state index contributed by atoms with van der Waals surface area (Å²) in [6.45, 7) is 0. The first-order valence-corrected chi connectivity index (χ1v) is 4.38. The van der Waals surface area contributed by atoms with Gasteiger partial charge in [-0.2, -0.15) is 0 Å². The Bertz CT molecular complexity index is 217. The minimum absolute atomic E-state index is 0.108. The van der Waals surface area contributed by atoms with Gasteiger partial charge in [-0.1, -0.05) is 6.42 Å². The summed E-state index contributed by atoms with van der Waals surface area (Å²) >= 11 is 0. The smallest absolute Gasteiger partial charge is 0.404 e. The number of primary amides is 1. The fourth-order valence-corrected chi connectivity index (χ4v) is 1.75. The van der Waals surface area contributed by atoms with Gasteiger partial charge < -0.3 is 16.2 Å². The van der Waals surface area contributed by atoms with Crippen molar-refractivity contribution in [1.29, 1.82) is 0 Å². The van der Waals surface area contributed by atoms with Crippen LogP contribution in [0.3, 0.4) is 0 Å². The summed E-state index contributed by atoms with van der Waals surface area (Å²) in [7, 11) is 0. The van der Waals surface area contributed by atoms with E-state index in [0.717, 1.165) is 19.3 Å². The number of carboxylic acid groups (broad SMARTS) is 1. The van der Waals surface area contributed by atoms with Gasteiger partial charge in [0.2, 0.25) is 5.91 Å². The molecule has 1 fully saturated rings. The molecule has 0 unspecified atom stereocenters. The number of carbonyl (C=O) groups is 2. The number of amides is 2. The molecule has 5 nitrogen and oxygen atoms in total. The van der Waals surface area contributed by atoms with E-state index in [1.807, 2.05) is 0 Å². The predicted molar refractivity (Wildman–Crippen MR) is 46.1 cm³/mol. The van der Waals surface area contributed by atoms with Gasteiger partial charge in [-0.3, -0.25) is 4.79 Å². The van der Waals surface area contributed by atoms with Crippen molar-refractivity contribution >= 4 is 12.0 Å². The highest BCUT2D eigenvalue weighted by Crippen LogP contribution is 2.23. The molecule has 0 heterocycles. The number of carbonyl (C=O) groups excluding carboxylic acids is 1. The van der Waals surface area contributed by atoms with Crippen LogP contribution in [0, 0.1) is 5.92 Å². The van der Waals surface area contributed by atoms with Crippen molar-refractivity contribution in [2.24, 2.45) is 11.7 Å². The van der Waals surface area contributed by atoms with Gasteiger partial charge in [-0.15, -0.1) is 0 Å². The van der Waals surface area contributed by atoms with E-state index in [1.165, 1.54) is 0 Å². The van der Waals surface area contributed by atoms with Crippen LogP contribution < -0.4 is 11.1 Å². The maximum Gasteiger partial charge on any atom is 0.404 e. The highest BCUT2D eigenvalue weighted by atomic mass is 16.4. The lowest BCUT2D eigenvalue weighted by Crippen LogP contribution is -2.40. The Morgan fingerprint density at radius 2 is 2.08 bits per heavy atom. The lowest BCUT2D eigenvalue weighted by molar-refractivity contribution is -0.122. The monoisotopic (exact) mass is 186 g/mol. The minimum atomic E-state index is -1.03. The van der Waals surface area contributed by atoms with Gasteiger partial charge in [-0.25, -0.2) is 4.79 Å². The Kier molecular flexibility index (Phi) is 3.11. The largest absolute Gasteiger partial charge is 0.465 e. The lowest BCUT2D eigenvalue weighted by Gasteiger charge is -2.26. The van der Waals surface area contributed by atoms with E-state index in [9.17, 15) is 9.59 Å². The van der Waals surface area contributed by atoms with Gasteiger partial charge in [0.05, 0.1) is 0 Å². The molecule has 0 spiro atoms. The zero-order chi connectivity index (χ0) is 9.84. The molecule has 0 bridgehead atoms. The van der Waals surface area contributed by atoms with Crippen LogP contribution in [0.25, 0.3) is 0 Å². The van der Waals surface area contributed by atoms with Crippen LogP contribution in [0.15, 0.2) is 0 Å². The van der Waals surface area contributed by atoms with E-state index >= 15 is 0 Å². The van der Waals surface area contributed by atoms with Crippen molar-refractivity contribution in [3.63, 3.8) is 0 Å². The van der Waals surface area contributed by atoms with Crippen LogP contribution in [0.2, 0.25) is 0 Å². The van der Waals surface area contributed by atoms with Crippen molar-refractivity contribution in [2.45, 2.75) is 31.7 Å². The summed E-state index contributed by atoms with van der Waals surface area (Å²) in [5.41, 5.74) is 5.15. The van der Waals surface area contributed by atoms with Crippen LogP contribution in [0.5, 0.6) is 0 Å². The molecular weight excluding hydrogens is 172 g/mol. The first kappa shape index (κ1) is 9.83. The fourth-order valence-electron chi connectivity index (χ4n) is 1.75. The summed E-state index contributed by atoms with van der Waals surface area (Å²) in [6.07, 6.45) is 1.96. The lowest BCUT2D eigenvalue weighted by atomic mass is 9.85. The van der Waals surface area contributed by atoms with Gasteiger partial charge in [0, 0.05) is 12.0 Å². The van der Waals surface area contributed by atoms with Gasteiger partial charge >= 0.3 is 6.09 Å². The summed E-state index contributed by atoms with van der Waals surface area (Å²) in [5, 5.41) is 10.8. The van der Waals surface area contributed by atoms with E-state index in [1.54, 1.807) is 0 Å². The Balaban J connectivity index is 2.41. The second-order valence-electron chi connectivity index (χ2n) is 3.41. The zero-order valence-corrected chi connectivity index (χ0v) is 7.32. The Morgan fingerprint density at radius 1 is 1.38 bits per heavy atom. The average Bonchev–Trinajstić information content (AvgIpc) is 2.03. The molecule has 0 aromatic rings. The first-order valence-electron chi connectivity index (χ1n) is 4.38. The number of rotatable bonds is 2. The molecule has 0 saturated heterocycles. The topological polar surface area (TPSA) is 92.4 Å². The standard InChI is InChI=1S/C8H14N2O3/c9-7(11)5-2-1-3-6(4-5)10-8(12)13/h5-6,10H,1-4H2,(H2,9,11)(H,12,13)/t5-,6-/m0/s1. The van der Waals surface area contributed by atoms with E-state index < -0.39 is 6.09 Å². The second-order valence-corrected chi connectivity index (χ2v) is 3.41. The van der Waals surface area contributed by atoms with Crippen LogP contribution >= 0.6 is 0 Å². The Hall–Kier alpha value is -1.26. The quantitative estimate of drug-likeness (QED) is 0.579. The van der Waals surface area contributed by atoms with Gasteiger partial charge in [0.25, 0.3) is 0 Å². The van der Waals surface area contributed by atoms with Crippen LogP contribution in [0.1, 0.15) is 25.7 Å². The maximum absolute atomic E-state index is 10.8. The van der Waals surface area contributed by atoms with E-state index in [-0.39, 0.29) is 17.9 Å². The zero-order valence-electron chi connectivity index (χ0n) is 7.32. The fraction of sp³-hybridized carbons (Fsp3) is 0.750. The molecule has 1 rings (SSSR count). The number of hydrogen-bond donors (Lipinski definition) is 3. The molecule has 0 radical (unpaired) electrons. The molecule has 4 N–H and O–H groups in total. The summed E-state index contributed by atoms with van der Waals surface area (Å²) in [5.74, 6) is -0.484. The van der Waals surface area contributed by atoms with Crippen molar-refractivity contribution in [3.8, 4) is 0 Å². The molecule has 13 heavy (non-hydrogen) atoms. The molecule has 1 saturated carbocycles. The van der Waals surface area contributed by atoms with Gasteiger partial charge in [0.15, 0.2) is 0 Å². The number of hydrogen-bond acceptors (Lipinski definition) is 2. The minimum Gasteiger partial charge on any atom is -0.465 e. The summed E-state index contributed by atoms with van der Waals surface area (Å²) < 4.78 is 0. The van der Waals surface area contributed by atoms with Crippen LogP contribution in [-0.2, 0) is 4.79 Å². The molecule has 74 valence electrons. The molecule has 2 atom stereocenters.